The molecule has 0 aromatic rings. The van der Waals surface area contributed by atoms with Gasteiger partial charge in [-0.1, -0.05) is 76.1 Å². The fourth-order valence-electron chi connectivity index (χ4n) is 4.82. The quantitative estimate of drug-likeness (QED) is 0.363. The van der Waals surface area contributed by atoms with E-state index in [0.29, 0.717) is 13.0 Å². The lowest BCUT2D eigenvalue weighted by Gasteiger charge is -2.33. The molecular formula is C28H41NO2. The highest BCUT2D eigenvalue weighted by atomic mass is 16.2. The molecule has 1 saturated heterocycles. The zero-order valence-electron chi connectivity index (χ0n) is 20.8. The third-order valence-corrected chi connectivity index (χ3v) is 6.44. The topological polar surface area (TPSA) is 37.4 Å². The lowest BCUT2D eigenvalue weighted by atomic mass is 9.72. The highest BCUT2D eigenvalue weighted by molar-refractivity contribution is 5.97. The second-order valence-corrected chi connectivity index (χ2v) is 10.9. The van der Waals surface area contributed by atoms with E-state index in [1.165, 1.54) is 36.0 Å². The molecule has 0 aromatic carbocycles. The molecule has 1 amide bonds. The molecule has 3 heteroatoms. The maximum atomic E-state index is 12.8. The summed E-state index contributed by atoms with van der Waals surface area (Å²) < 4.78 is 0. The van der Waals surface area contributed by atoms with Crippen LogP contribution in [0.25, 0.3) is 0 Å². The van der Waals surface area contributed by atoms with Crippen molar-refractivity contribution in [2.24, 2.45) is 10.8 Å². The summed E-state index contributed by atoms with van der Waals surface area (Å²) in [7, 11) is 0. The van der Waals surface area contributed by atoms with E-state index in [1.807, 2.05) is 39.8 Å². The van der Waals surface area contributed by atoms with Crippen LogP contribution in [-0.2, 0) is 9.59 Å². The van der Waals surface area contributed by atoms with Crippen LogP contribution < -0.4 is 0 Å². The number of likely N-dealkylation sites (tertiary alicyclic amines) is 1. The molecule has 0 N–H and O–H groups in total. The molecule has 0 bridgehead atoms. The molecule has 1 fully saturated rings. The van der Waals surface area contributed by atoms with Crippen molar-refractivity contribution in [1.82, 2.24) is 4.90 Å². The number of amides is 1. The van der Waals surface area contributed by atoms with Gasteiger partial charge in [-0.15, -0.1) is 0 Å². The summed E-state index contributed by atoms with van der Waals surface area (Å²) >= 11 is 0. The van der Waals surface area contributed by atoms with Crippen LogP contribution in [0.15, 0.2) is 58.7 Å². The molecule has 1 unspecified atom stereocenters. The molecule has 0 saturated carbocycles. The van der Waals surface area contributed by atoms with Crippen LogP contribution in [0.4, 0.5) is 0 Å². The number of rotatable bonds is 5. The maximum Gasteiger partial charge on any atom is 0.247 e. The normalized spacial score (nSPS) is 23.5. The first-order valence-electron chi connectivity index (χ1n) is 11.6. The summed E-state index contributed by atoms with van der Waals surface area (Å²) in [6, 6.07) is -0.331. The predicted molar refractivity (Wildman–Crippen MR) is 131 cm³/mol. The third kappa shape index (κ3) is 6.66. The van der Waals surface area contributed by atoms with E-state index >= 15 is 0 Å². The van der Waals surface area contributed by atoms with Gasteiger partial charge in [0, 0.05) is 19.0 Å². The van der Waals surface area contributed by atoms with Crippen molar-refractivity contribution < 1.29 is 9.59 Å². The molecule has 31 heavy (non-hydrogen) atoms. The van der Waals surface area contributed by atoms with Gasteiger partial charge in [-0.05, 0) is 62.0 Å². The van der Waals surface area contributed by atoms with E-state index in [4.69, 9.17) is 0 Å². The van der Waals surface area contributed by atoms with Gasteiger partial charge >= 0.3 is 0 Å². The number of carbonyl (C=O) groups is 2. The van der Waals surface area contributed by atoms with Gasteiger partial charge in [0.15, 0.2) is 5.78 Å². The largest absolute Gasteiger partial charge is 0.328 e. The second-order valence-electron chi connectivity index (χ2n) is 10.9. The lowest BCUT2D eigenvalue weighted by molar-refractivity contribution is -0.134. The summed E-state index contributed by atoms with van der Waals surface area (Å²) in [4.78, 5) is 26.7. The Morgan fingerprint density at radius 2 is 1.77 bits per heavy atom. The monoisotopic (exact) mass is 423 g/mol. The Labute approximate surface area is 189 Å². The molecule has 1 heterocycles. The number of ketones is 1. The highest BCUT2D eigenvalue weighted by Gasteiger charge is 2.42. The molecule has 1 atom stereocenters. The molecular weight excluding hydrogens is 382 g/mol. The van der Waals surface area contributed by atoms with Crippen molar-refractivity contribution in [3.63, 3.8) is 0 Å². The Hall–Kier alpha value is -2.16. The van der Waals surface area contributed by atoms with E-state index in [0.717, 1.165) is 5.57 Å². The number of hydrogen-bond donors (Lipinski definition) is 0. The minimum Gasteiger partial charge on any atom is -0.328 e. The molecule has 1 aliphatic carbocycles. The Morgan fingerprint density at radius 3 is 2.39 bits per heavy atom. The van der Waals surface area contributed by atoms with E-state index < -0.39 is 0 Å². The van der Waals surface area contributed by atoms with Crippen molar-refractivity contribution in [2.75, 3.05) is 6.54 Å². The number of Topliss-reactive ketones (excluding diaryl/α,β-unsaturated/α-hetero) is 1. The zero-order valence-corrected chi connectivity index (χ0v) is 20.8. The van der Waals surface area contributed by atoms with E-state index in [9.17, 15) is 9.59 Å². The van der Waals surface area contributed by atoms with Gasteiger partial charge in [-0.25, -0.2) is 0 Å². The summed E-state index contributed by atoms with van der Waals surface area (Å²) in [6.45, 7) is 17.5. The van der Waals surface area contributed by atoms with Gasteiger partial charge in [0.1, 0.15) is 0 Å². The Bertz CT molecular complexity index is 856. The van der Waals surface area contributed by atoms with Gasteiger partial charge in [-0.3, -0.25) is 9.59 Å². The second kappa shape index (κ2) is 9.97. The number of nitrogens with zero attached hydrogens (tertiary/aromatic N) is 1. The van der Waals surface area contributed by atoms with Crippen LogP contribution in [0.3, 0.4) is 0 Å². The third-order valence-electron chi connectivity index (χ3n) is 6.44. The summed E-state index contributed by atoms with van der Waals surface area (Å²) in [5.41, 5.74) is 5.03. The first-order valence-corrected chi connectivity index (χ1v) is 11.6. The SMILES string of the molecule is CC1=C(/C=C/C(C)=C\C=C\C(C)=C\C(=O)N2CCC(=O)C2C(C)(C)C)C(C)(C)CCC1. The van der Waals surface area contributed by atoms with Crippen LogP contribution in [0.1, 0.15) is 81.1 Å². The predicted octanol–water partition coefficient (Wildman–Crippen LogP) is 6.73. The zero-order chi connectivity index (χ0) is 23.4. The van der Waals surface area contributed by atoms with Crippen LogP contribution in [0.5, 0.6) is 0 Å². The lowest BCUT2D eigenvalue weighted by Crippen LogP contribution is -2.45. The van der Waals surface area contributed by atoms with Gasteiger partial charge < -0.3 is 4.90 Å². The smallest absolute Gasteiger partial charge is 0.247 e. The van der Waals surface area contributed by atoms with Gasteiger partial charge in [0.05, 0.1) is 6.04 Å². The van der Waals surface area contributed by atoms with E-state index in [2.05, 4.69) is 45.9 Å². The van der Waals surface area contributed by atoms with Crippen LogP contribution in [0.2, 0.25) is 0 Å². The Morgan fingerprint density at radius 1 is 1.10 bits per heavy atom. The maximum absolute atomic E-state index is 12.8. The number of allylic oxidation sites excluding steroid dienone is 9. The Kier molecular flexibility index (Phi) is 8.08. The molecule has 2 aliphatic rings. The standard InChI is InChI=1S/C28H41NO2/c1-20(14-15-23-22(3)13-10-17-28(23,7)8)11-9-12-21(2)19-25(31)29-18-16-24(30)26(29)27(4,5)6/h9,11-12,14-15,19,26H,10,13,16-18H2,1-8H3/b12-9+,15-14+,20-11-,21-19+. The average Bonchev–Trinajstić information content (AvgIpc) is 3.02. The summed E-state index contributed by atoms with van der Waals surface area (Å²) in [5.74, 6) is 0.0924. The minimum absolute atomic E-state index is 0.0736. The van der Waals surface area contributed by atoms with Crippen molar-refractivity contribution in [3.8, 4) is 0 Å². The average molecular weight is 424 g/mol. The summed E-state index contributed by atoms with van der Waals surface area (Å²) in [6.07, 6.45) is 16.3. The molecule has 3 nitrogen and oxygen atoms in total. The van der Waals surface area contributed by atoms with Crippen molar-refractivity contribution >= 4 is 11.7 Å². The van der Waals surface area contributed by atoms with Gasteiger partial charge in [0.25, 0.3) is 0 Å². The van der Waals surface area contributed by atoms with Gasteiger partial charge in [-0.2, -0.15) is 0 Å². The molecule has 1 aliphatic heterocycles. The number of carbonyl (C=O) groups excluding carboxylic acids is 2. The molecule has 2 rings (SSSR count). The van der Waals surface area contributed by atoms with Crippen molar-refractivity contribution in [3.05, 3.63) is 58.7 Å². The molecule has 0 spiro atoms. The molecule has 170 valence electrons. The van der Waals surface area contributed by atoms with Crippen molar-refractivity contribution in [1.29, 1.82) is 0 Å². The number of hydrogen-bond acceptors (Lipinski definition) is 2. The first-order chi connectivity index (χ1) is 14.3. The van der Waals surface area contributed by atoms with Crippen LogP contribution in [0, 0.1) is 10.8 Å². The molecule has 0 aromatic heterocycles. The van der Waals surface area contributed by atoms with E-state index in [-0.39, 0.29) is 28.6 Å². The fourth-order valence-corrected chi connectivity index (χ4v) is 4.82. The Balaban J connectivity index is 2.04. The van der Waals surface area contributed by atoms with Gasteiger partial charge in [0.2, 0.25) is 5.91 Å². The first kappa shape index (κ1) is 25.1. The fraction of sp³-hybridized carbons (Fsp3) is 0.571. The highest BCUT2D eigenvalue weighted by Crippen LogP contribution is 2.40. The minimum atomic E-state index is -0.331. The van der Waals surface area contributed by atoms with Crippen molar-refractivity contribution in [2.45, 2.75) is 87.1 Å². The molecule has 0 radical (unpaired) electrons. The van der Waals surface area contributed by atoms with Crippen LogP contribution >= 0.6 is 0 Å². The van der Waals surface area contributed by atoms with Crippen LogP contribution in [-0.4, -0.2) is 29.2 Å². The summed E-state index contributed by atoms with van der Waals surface area (Å²) in [5, 5.41) is 0. The van der Waals surface area contributed by atoms with E-state index in [1.54, 1.807) is 11.0 Å².